The third kappa shape index (κ3) is 8.08. The first-order valence-corrected chi connectivity index (χ1v) is 30.4. The molecule has 0 unspecified atom stereocenters. The molecular weight excluding hydrogens is 966 g/mol. The first kappa shape index (κ1) is 48.8. The van der Waals surface area contributed by atoms with Gasteiger partial charge >= 0.3 is 0 Å². The van der Waals surface area contributed by atoms with Crippen LogP contribution in [0.2, 0.25) is 35.7 Å². The topological polar surface area (TPSA) is 154 Å². The molecule has 4 bridgehead atoms. The van der Waals surface area contributed by atoms with E-state index in [-0.39, 0.29) is 11.1 Å². The van der Waals surface area contributed by atoms with Gasteiger partial charge in [0.1, 0.15) is 12.4 Å². The molecule has 0 saturated carbocycles. The van der Waals surface area contributed by atoms with Crippen LogP contribution in [-0.4, -0.2) is 100 Å². The monoisotopic (exact) mass is 1030 g/mol. The van der Waals surface area contributed by atoms with Gasteiger partial charge in [0, 0.05) is 130 Å². The second kappa shape index (κ2) is 18.8. The number of rotatable bonds is 13. The minimum atomic E-state index is -1.23. The summed E-state index contributed by atoms with van der Waals surface area (Å²) in [4.78, 5) is 45.9. The first-order chi connectivity index (χ1) is 34.6. The van der Waals surface area contributed by atoms with Gasteiger partial charge in [-0.15, -0.1) is 0 Å². The van der Waals surface area contributed by atoms with Gasteiger partial charge in [-0.1, -0.05) is 68.3 Å². The first-order valence-electron chi connectivity index (χ1n) is 25.9. The van der Waals surface area contributed by atoms with Crippen LogP contribution in [0.1, 0.15) is 65.7 Å². The second-order valence-corrected chi connectivity index (χ2v) is 28.1. The van der Waals surface area contributed by atoms with E-state index in [9.17, 15) is 9.59 Å². The Morgan fingerprint density at radius 2 is 1.32 bits per heavy atom. The summed E-state index contributed by atoms with van der Waals surface area (Å²) >= 11 is 13.8. The number of aryl methyl sites for hydroxylation is 2. The van der Waals surface area contributed by atoms with E-state index in [0.29, 0.717) is 81.6 Å². The van der Waals surface area contributed by atoms with Crippen molar-refractivity contribution in [2.45, 2.75) is 141 Å². The Morgan fingerprint density at radius 1 is 0.736 bits per heavy atom. The van der Waals surface area contributed by atoms with E-state index in [1.54, 1.807) is 9.13 Å². The Labute approximate surface area is 430 Å². The summed E-state index contributed by atoms with van der Waals surface area (Å²) in [6.45, 7) is 16.0. The molecule has 380 valence electrons. The third-order valence-corrected chi connectivity index (χ3v) is 18.8. The maximum absolute atomic E-state index is 14.2. The molecule has 0 radical (unpaired) electrons. The normalized spacial score (nSPS) is 21.7. The number of fused-ring (bicyclic) bond motifs is 8. The number of benzene rings is 2. The fraction of sp³-hybridized carbons (Fsp3) is 0.509. The smallest absolute Gasteiger partial charge is 0.264 e. The summed E-state index contributed by atoms with van der Waals surface area (Å²) in [6, 6.07) is 11.1. The zero-order valence-electron chi connectivity index (χ0n) is 43.0. The minimum Gasteiger partial charge on any atom is -0.361 e. The number of aromatic nitrogens is 10. The Balaban J connectivity index is 0.000000159. The van der Waals surface area contributed by atoms with Gasteiger partial charge in [-0.25, -0.2) is 0 Å². The average molecular weight is 1030 g/mol. The van der Waals surface area contributed by atoms with Crippen LogP contribution in [0, 0.1) is 5.92 Å². The highest BCUT2D eigenvalue weighted by molar-refractivity contribution is 6.76. The van der Waals surface area contributed by atoms with Gasteiger partial charge < -0.3 is 29.4 Å². The molecule has 10 heterocycles. The van der Waals surface area contributed by atoms with Crippen molar-refractivity contribution in [2.24, 2.45) is 20.0 Å². The Kier molecular flexibility index (Phi) is 12.7. The Bertz CT molecular complexity index is 3510. The standard InChI is InChI=1S/C30H41ClN6O2Si.C23H26ClN7O/c1-7-19-15-20-9-12-25(19)37(20)30-32-28-26(29(38)34(30)3)22(16-35(28)18-39-13-14-40(4,5)6)21-10-11-24-23(27(21)31)17-36(8-2)33-24;1-4-30-11-15-16(28-30)7-6-13(20(15)24)14-10-26-21-19(14)22(32)29(3)23(27-21)31-12-5-8-18(31)17(9-12)25-2/h10-11,16-17,19-20,25H,7-9,12-15,18H2,1-6H3;6-7,10-12,17-18,25-26H,4-5,8-9H2,1-3H3/t19-,20+,25-;12-,17+,18+/m10/s1. The highest BCUT2D eigenvalue weighted by Crippen LogP contribution is 2.46. The van der Waals surface area contributed by atoms with Crippen molar-refractivity contribution >= 4 is 87.0 Å². The quantitative estimate of drug-likeness (QED) is 0.0843. The minimum absolute atomic E-state index is 0.0457. The number of hydrogen-bond donors (Lipinski definition) is 2. The molecule has 6 aromatic heterocycles. The molecule has 4 fully saturated rings. The molecule has 0 aliphatic carbocycles. The van der Waals surface area contributed by atoms with Gasteiger partial charge in [0.05, 0.1) is 31.9 Å². The number of nitrogens with one attached hydrogen (secondary N) is 2. The van der Waals surface area contributed by atoms with Gasteiger partial charge in [0.2, 0.25) is 11.9 Å². The zero-order valence-corrected chi connectivity index (χ0v) is 45.5. The molecular formula is C53H67Cl2N13O3Si. The van der Waals surface area contributed by atoms with Gasteiger partial charge in [0.15, 0.2) is 5.65 Å². The molecule has 19 heteroatoms. The number of hydrogen-bond acceptors (Lipinski definition) is 10. The Hall–Kier alpha value is -5.46. The van der Waals surface area contributed by atoms with Crippen molar-refractivity contribution in [3.05, 3.63) is 79.8 Å². The lowest BCUT2D eigenvalue weighted by Gasteiger charge is -2.26. The SMILES string of the molecule is CC[C@@H]1C[C@@H]2CC[C@H]1N2c1nc2c(c(-c3ccc4nn(CC)cc4c3Cl)cn2COCC[Si](C)(C)C)c(=O)n1C.CCn1cc2c(Cl)c(-c3c[nH]c4nc(N5[C@H]6CC[C@@H]5[C@H](NC)C6)n(C)c(=O)c34)ccc2n1. The molecule has 12 rings (SSSR count). The van der Waals surface area contributed by atoms with Crippen LogP contribution >= 0.6 is 23.2 Å². The number of H-pyrrole nitrogens is 1. The molecule has 4 aliphatic rings. The molecule has 0 spiro atoms. The predicted octanol–water partition coefficient (Wildman–Crippen LogP) is 9.79. The number of aromatic amines is 1. The van der Waals surface area contributed by atoms with Crippen LogP contribution in [-0.2, 0) is 38.7 Å². The highest BCUT2D eigenvalue weighted by Gasteiger charge is 2.48. The molecule has 4 saturated heterocycles. The van der Waals surface area contributed by atoms with E-state index in [4.69, 9.17) is 37.9 Å². The molecule has 2 aromatic carbocycles. The van der Waals surface area contributed by atoms with Gasteiger partial charge in [0.25, 0.3) is 11.1 Å². The maximum Gasteiger partial charge on any atom is 0.264 e. The maximum atomic E-state index is 14.2. The number of halogens is 2. The van der Waals surface area contributed by atoms with E-state index in [2.05, 4.69) is 63.8 Å². The molecule has 8 aromatic rings. The number of ether oxygens (including phenoxy) is 1. The van der Waals surface area contributed by atoms with E-state index < -0.39 is 8.07 Å². The number of nitrogens with zero attached hydrogens (tertiary/aromatic N) is 11. The average Bonchev–Trinajstić information content (AvgIpc) is 4.26. The van der Waals surface area contributed by atoms with Crippen LogP contribution in [0.15, 0.2) is 58.6 Å². The predicted molar refractivity (Wildman–Crippen MR) is 294 cm³/mol. The summed E-state index contributed by atoms with van der Waals surface area (Å²) in [5.41, 5.74) is 6.04. The van der Waals surface area contributed by atoms with Crippen LogP contribution in [0.3, 0.4) is 0 Å². The van der Waals surface area contributed by atoms with E-state index in [0.717, 1.165) is 101 Å². The van der Waals surface area contributed by atoms with Crippen molar-refractivity contribution in [3.8, 4) is 22.3 Å². The molecule has 2 N–H and O–H groups in total. The fourth-order valence-corrected chi connectivity index (χ4v) is 13.8. The summed E-state index contributed by atoms with van der Waals surface area (Å²) < 4.78 is 15.4. The van der Waals surface area contributed by atoms with Crippen LogP contribution in [0.4, 0.5) is 11.9 Å². The summed E-state index contributed by atoms with van der Waals surface area (Å²) in [5.74, 6) is 2.18. The lowest BCUT2D eigenvalue weighted by molar-refractivity contribution is 0.0899. The molecule has 16 nitrogen and oxygen atoms in total. The van der Waals surface area contributed by atoms with Crippen LogP contribution < -0.4 is 26.2 Å². The van der Waals surface area contributed by atoms with Gasteiger partial charge in [-0.2, -0.15) is 20.2 Å². The molecule has 4 aliphatic heterocycles. The summed E-state index contributed by atoms with van der Waals surface area (Å²) in [5, 5.41) is 16.7. The largest absolute Gasteiger partial charge is 0.361 e. The van der Waals surface area contributed by atoms with E-state index in [1.807, 2.05) is 91.1 Å². The molecule has 6 atom stereocenters. The van der Waals surface area contributed by atoms with Crippen molar-refractivity contribution in [1.29, 1.82) is 0 Å². The third-order valence-electron chi connectivity index (χ3n) is 16.3. The molecule has 72 heavy (non-hydrogen) atoms. The van der Waals surface area contributed by atoms with Crippen molar-refractivity contribution < 1.29 is 4.74 Å². The van der Waals surface area contributed by atoms with Gasteiger partial charge in [-0.05, 0) is 83.5 Å². The second-order valence-electron chi connectivity index (χ2n) is 21.7. The van der Waals surface area contributed by atoms with E-state index >= 15 is 0 Å². The summed E-state index contributed by atoms with van der Waals surface area (Å²) in [6.07, 6.45) is 15.8. The lowest BCUT2D eigenvalue weighted by Crippen LogP contribution is -2.41. The molecule has 0 amide bonds. The zero-order chi connectivity index (χ0) is 50.5. The van der Waals surface area contributed by atoms with Crippen LogP contribution in [0.25, 0.3) is 66.1 Å². The fourth-order valence-electron chi connectivity index (χ4n) is 12.4. The summed E-state index contributed by atoms with van der Waals surface area (Å²) in [7, 11) is 4.47. The Morgan fingerprint density at radius 3 is 1.90 bits per heavy atom. The van der Waals surface area contributed by atoms with E-state index in [1.165, 1.54) is 19.3 Å². The van der Waals surface area contributed by atoms with Crippen LogP contribution in [0.5, 0.6) is 0 Å². The number of anilines is 2. The van der Waals surface area contributed by atoms with Gasteiger partial charge in [-0.3, -0.25) is 28.1 Å². The number of likely N-dealkylation sites (N-methyl/N-ethyl adjacent to an activating group) is 1. The highest BCUT2D eigenvalue weighted by atomic mass is 35.5. The lowest BCUT2D eigenvalue weighted by atomic mass is 9.87. The van der Waals surface area contributed by atoms with Crippen molar-refractivity contribution in [1.82, 2.24) is 53.5 Å². The van der Waals surface area contributed by atoms with Crippen molar-refractivity contribution in [2.75, 3.05) is 23.5 Å². The van der Waals surface area contributed by atoms with Crippen molar-refractivity contribution in [3.63, 3.8) is 0 Å².